The van der Waals surface area contributed by atoms with Gasteiger partial charge in [0.2, 0.25) is 0 Å². The highest BCUT2D eigenvalue weighted by Gasteiger charge is 2.10. The molecule has 2 rings (SSSR count). The minimum atomic E-state index is -0.492. The van der Waals surface area contributed by atoms with Crippen molar-refractivity contribution in [2.45, 2.75) is 6.61 Å². The summed E-state index contributed by atoms with van der Waals surface area (Å²) in [4.78, 5) is 25.6. The Kier molecular flexibility index (Phi) is 4.42. The second-order valence-corrected chi connectivity index (χ2v) is 4.43. The van der Waals surface area contributed by atoms with Gasteiger partial charge in [0.05, 0.1) is 17.7 Å². The Labute approximate surface area is 120 Å². The molecule has 0 radical (unpaired) electrons. The molecule has 0 fully saturated rings. The summed E-state index contributed by atoms with van der Waals surface area (Å²) in [6.07, 6.45) is 1.50. The van der Waals surface area contributed by atoms with E-state index in [1.807, 2.05) is 0 Å². The predicted octanol–water partition coefficient (Wildman–Crippen LogP) is 2.81. The Morgan fingerprint density at radius 2 is 1.90 bits per heavy atom. The molecule has 0 aliphatic carbocycles. The van der Waals surface area contributed by atoms with Gasteiger partial charge >= 0.3 is 11.9 Å². The van der Waals surface area contributed by atoms with Crippen LogP contribution in [0.3, 0.4) is 0 Å². The SMILES string of the molecule is COC(=O)c1ccc(COC(=O)c2cc(Cl)c[nH]2)cc1. The number of benzene rings is 1. The second kappa shape index (κ2) is 6.25. The van der Waals surface area contributed by atoms with E-state index in [4.69, 9.17) is 16.3 Å². The van der Waals surface area contributed by atoms with Crippen molar-refractivity contribution in [2.75, 3.05) is 7.11 Å². The number of esters is 2. The van der Waals surface area contributed by atoms with Crippen molar-refractivity contribution in [1.29, 1.82) is 0 Å². The van der Waals surface area contributed by atoms with E-state index in [1.165, 1.54) is 19.4 Å². The fourth-order valence-electron chi connectivity index (χ4n) is 1.57. The molecule has 1 N–H and O–H groups in total. The number of aromatic amines is 1. The fourth-order valence-corrected chi connectivity index (χ4v) is 1.73. The quantitative estimate of drug-likeness (QED) is 0.880. The third kappa shape index (κ3) is 3.39. The van der Waals surface area contributed by atoms with Crippen molar-refractivity contribution in [3.8, 4) is 0 Å². The highest BCUT2D eigenvalue weighted by molar-refractivity contribution is 6.30. The molecule has 6 heteroatoms. The van der Waals surface area contributed by atoms with Gasteiger partial charge in [0.1, 0.15) is 12.3 Å². The number of methoxy groups -OCH3 is 1. The standard InChI is InChI=1S/C14H12ClNO4/c1-19-13(17)10-4-2-9(3-5-10)8-20-14(18)12-6-11(15)7-16-12/h2-7,16H,8H2,1H3. The number of carbonyl (C=O) groups excluding carboxylic acids is 2. The van der Waals surface area contributed by atoms with Crippen molar-refractivity contribution in [3.05, 3.63) is 58.4 Å². The number of ether oxygens (including phenoxy) is 2. The molecule has 0 bridgehead atoms. The molecule has 0 spiro atoms. The number of aromatic nitrogens is 1. The highest BCUT2D eigenvalue weighted by Crippen LogP contribution is 2.12. The monoisotopic (exact) mass is 293 g/mol. The highest BCUT2D eigenvalue weighted by atomic mass is 35.5. The molecule has 0 aliphatic heterocycles. The van der Waals surface area contributed by atoms with Gasteiger partial charge in [-0.1, -0.05) is 23.7 Å². The van der Waals surface area contributed by atoms with Crippen LogP contribution in [0.5, 0.6) is 0 Å². The lowest BCUT2D eigenvalue weighted by molar-refractivity contribution is 0.0465. The van der Waals surface area contributed by atoms with Gasteiger partial charge in [-0.3, -0.25) is 0 Å². The van der Waals surface area contributed by atoms with E-state index in [-0.39, 0.29) is 6.61 Å². The maximum Gasteiger partial charge on any atom is 0.355 e. The maximum absolute atomic E-state index is 11.7. The summed E-state index contributed by atoms with van der Waals surface area (Å²) in [5, 5.41) is 0.444. The molecule has 5 nitrogen and oxygen atoms in total. The second-order valence-electron chi connectivity index (χ2n) is 4.00. The number of hydrogen-bond donors (Lipinski definition) is 1. The van der Waals surface area contributed by atoms with Crippen LogP contribution in [0.4, 0.5) is 0 Å². The van der Waals surface area contributed by atoms with E-state index < -0.39 is 11.9 Å². The number of hydrogen-bond acceptors (Lipinski definition) is 4. The van der Waals surface area contributed by atoms with Crippen molar-refractivity contribution in [3.63, 3.8) is 0 Å². The van der Waals surface area contributed by atoms with E-state index in [1.54, 1.807) is 24.3 Å². The molecule has 0 saturated carbocycles. The zero-order valence-corrected chi connectivity index (χ0v) is 11.4. The van der Waals surface area contributed by atoms with Gasteiger partial charge < -0.3 is 14.5 Å². The lowest BCUT2D eigenvalue weighted by atomic mass is 10.1. The third-order valence-corrected chi connectivity index (χ3v) is 2.83. The molecule has 0 unspecified atom stereocenters. The Morgan fingerprint density at radius 1 is 1.20 bits per heavy atom. The topological polar surface area (TPSA) is 68.4 Å². The molecule has 0 atom stereocenters. The summed E-state index contributed by atoms with van der Waals surface area (Å²) in [6.45, 7) is 0.108. The Morgan fingerprint density at radius 3 is 2.45 bits per heavy atom. The molecule has 1 aromatic carbocycles. The van der Waals surface area contributed by atoms with Crippen LogP contribution in [0.25, 0.3) is 0 Å². The van der Waals surface area contributed by atoms with Crippen molar-refractivity contribution in [1.82, 2.24) is 4.98 Å². The van der Waals surface area contributed by atoms with Crippen LogP contribution in [-0.4, -0.2) is 24.0 Å². The van der Waals surface area contributed by atoms with Crippen LogP contribution in [0.15, 0.2) is 36.5 Å². The van der Waals surface area contributed by atoms with Gasteiger partial charge in [-0.2, -0.15) is 0 Å². The number of rotatable bonds is 4. The van der Waals surface area contributed by atoms with Crippen LogP contribution in [0, 0.1) is 0 Å². The smallest absolute Gasteiger partial charge is 0.355 e. The first-order valence-corrected chi connectivity index (χ1v) is 6.16. The van der Waals surface area contributed by atoms with Crippen molar-refractivity contribution >= 4 is 23.5 Å². The van der Waals surface area contributed by atoms with Gasteiger partial charge in [0, 0.05) is 6.20 Å². The van der Waals surface area contributed by atoms with Gasteiger partial charge in [0.15, 0.2) is 0 Å². The molecule has 1 aromatic heterocycles. The van der Waals surface area contributed by atoms with Gasteiger partial charge in [-0.25, -0.2) is 9.59 Å². The minimum absolute atomic E-state index is 0.108. The van der Waals surface area contributed by atoms with E-state index >= 15 is 0 Å². The molecule has 2 aromatic rings. The molecule has 0 aliphatic rings. The summed E-state index contributed by atoms with van der Waals surface area (Å²) >= 11 is 5.70. The van der Waals surface area contributed by atoms with E-state index in [2.05, 4.69) is 9.72 Å². The van der Waals surface area contributed by atoms with Gasteiger partial charge in [-0.15, -0.1) is 0 Å². The first kappa shape index (κ1) is 14.1. The minimum Gasteiger partial charge on any atom is -0.465 e. The lowest BCUT2D eigenvalue weighted by Crippen LogP contribution is -2.06. The summed E-state index contributed by atoms with van der Waals surface area (Å²) in [5.74, 6) is -0.900. The van der Waals surface area contributed by atoms with Crippen molar-refractivity contribution < 1.29 is 19.1 Å². The average molecular weight is 294 g/mol. The van der Waals surface area contributed by atoms with E-state index in [0.717, 1.165) is 5.56 Å². The number of nitrogens with one attached hydrogen (secondary N) is 1. The molecule has 20 heavy (non-hydrogen) atoms. The zero-order chi connectivity index (χ0) is 14.5. The maximum atomic E-state index is 11.7. The van der Waals surface area contributed by atoms with Crippen LogP contribution >= 0.6 is 11.6 Å². The first-order valence-electron chi connectivity index (χ1n) is 5.78. The molecule has 0 saturated heterocycles. The largest absolute Gasteiger partial charge is 0.465 e. The first-order chi connectivity index (χ1) is 9.60. The number of H-pyrrole nitrogens is 1. The van der Waals surface area contributed by atoms with Crippen molar-refractivity contribution in [2.24, 2.45) is 0 Å². The Bertz CT molecular complexity index is 618. The van der Waals surface area contributed by atoms with Gasteiger partial charge in [0.25, 0.3) is 0 Å². The van der Waals surface area contributed by atoms with Crippen LogP contribution in [-0.2, 0) is 16.1 Å². The summed E-state index contributed by atoms with van der Waals surface area (Å²) in [5.41, 5.74) is 1.50. The Balaban J connectivity index is 1.94. The fraction of sp³-hybridized carbons (Fsp3) is 0.143. The normalized spacial score (nSPS) is 10.1. The predicted molar refractivity (Wildman–Crippen MR) is 72.7 cm³/mol. The van der Waals surface area contributed by atoms with Crippen LogP contribution in [0.2, 0.25) is 5.02 Å². The van der Waals surface area contributed by atoms with Gasteiger partial charge in [-0.05, 0) is 23.8 Å². The Hall–Kier alpha value is -2.27. The number of carbonyl (C=O) groups is 2. The molecular weight excluding hydrogens is 282 g/mol. The zero-order valence-electron chi connectivity index (χ0n) is 10.7. The number of halogens is 1. The van der Waals surface area contributed by atoms with E-state index in [0.29, 0.717) is 16.3 Å². The van der Waals surface area contributed by atoms with Crippen LogP contribution < -0.4 is 0 Å². The van der Waals surface area contributed by atoms with Crippen LogP contribution in [0.1, 0.15) is 26.4 Å². The molecule has 0 amide bonds. The summed E-state index contributed by atoms with van der Waals surface area (Å²) < 4.78 is 9.70. The summed E-state index contributed by atoms with van der Waals surface area (Å²) in [7, 11) is 1.32. The molecular formula is C14H12ClNO4. The molecule has 104 valence electrons. The third-order valence-electron chi connectivity index (χ3n) is 2.61. The van der Waals surface area contributed by atoms with E-state index in [9.17, 15) is 9.59 Å². The lowest BCUT2D eigenvalue weighted by Gasteiger charge is -2.04. The average Bonchev–Trinajstić information content (AvgIpc) is 2.91. The summed E-state index contributed by atoms with van der Waals surface area (Å²) in [6, 6.07) is 8.10. The molecule has 1 heterocycles.